The Bertz CT molecular complexity index is 103. The summed E-state index contributed by atoms with van der Waals surface area (Å²) in [4.78, 5) is 0. The number of rotatable bonds is 7. The van der Waals surface area contributed by atoms with Crippen molar-refractivity contribution >= 4 is 0 Å². The molecule has 0 aromatic carbocycles. The highest BCUT2D eigenvalue weighted by Crippen LogP contribution is 1.80. The van der Waals surface area contributed by atoms with Gasteiger partial charge in [-0.1, -0.05) is 14.9 Å². The third-order valence-electron chi connectivity index (χ3n) is 1.02. The zero-order valence-corrected chi connectivity index (χ0v) is 7.28. The molecule has 0 amide bonds. The second-order valence-corrected chi connectivity index (χ2v) is 2.19. The normalized spacial score (nSPS) is 13.7. The average molecular weight is 212 g/mol. The summed E-state index contributed by atoms with van der Waals surface area (Å²) in [6, 6.07) is 0. The zero-order chi connectivity index (χ0) is 9.40. The molecule has 0 fully saturated rings. The molecule has 0 spiro atoms. The Hall–Kier alpha value is -0.240. The fraction of sp³-hybridized carbons (Fsp3) is 1.00. The molecule has 0 rings (SSSR count). The molecule has 2 unspecified atom stereocenters. The first-order valence-electron chi connectivity index (χ1n) is 3.60. The summed E-state index contributed by atoms with van der Waals surface area (Å²) in [5.41, 5.74) is 0. The summed E-state index contributed by atoms with van der Waals surface area (Å²) in [5, 5.41) is 22.8. The predicted octanol–water partition coefficient (Wildman–Crippen LogP) is -0.370. The van der Waals surface area contributed by atoms with Crippen LogP contribution in [-0.2, 0) is 9.47 Å². The van der Waals surface area contributed by atoms with Crippen molar-refractivity contribution in [3.05, 3.63) is 0 Å². The predicted molar refractivity (Wildman–Crippen MR) is 55.2 cm³/mol. The van der Waals surface area contributed by atoms with Crippen molar-refractivity contribution in [3.63, 3.8) is 0 Å². The van der Waals surface area contributed by atoms with Gasteiger partial charge < -0.3 is 19.7 Å². The monoisotopic (exact) mass is 212 g/mol. The molecule has 14 heavy (non-hydrogen) atoms. The Labute approximate surface area is 86.2 Å². The van der Waals surface area contributed by atoms with Crippen LogP contribution >= 0.6 is 0 Å². The molecule has 0 bridgehead atoms. The van der Waals surface area contributed by atoms with Gasteiger partial charge in [-0.05, 0) is 6.92 Å². The molecule has 0 heterocycles. The quantitative estimate of drug-likeness (QED) is 0.431. The molecule has 0 saturated heterocycles. The number of hydrogen-bond acceptors (Lipinski definition) is 6. The second-order valence-electron chi connectivity index (χ2n) is 2.19. The fourth-order valence-corrected chi connectivity index (χ4v) is 0.485. The standard InChI is InChI=1S/C6H16N2O4.2CH4/c1-5(9)7-3-8-6(10)12-4-11-2;;/h5-10H,3-4H2,1-2H3;2*1H4. The summed E-state index contributed by atoms with van der Waals surface area (Å²) < 4.78 is 9.22. The highest BCUT2D eigenvalue weighted by molar-refractivity contribution is 4.43. The zero-order valence-electron chi connectivity index (χ0n) is 7.28. The van der Waals surface area contributed by atoms with Crippen LogP contribution in [0.2, 0.25) is 0 Å². The number of aliphatic hydroxyl groups excluding tert-OH is 2. The van der Waals surface area contributed by atoms with Gasteiger partial charge in [0.1, 0.15) is 6.23 Å². The maximum absolute atomic E-state index is 8.96. The van der Waals surface area contributed by atoms with Crippen LogP contribution < -0.4 is 10.6 Å². The first-order valence-corrected chi connectivity index (χ1v) is 3.60. The first-order chi connectivity index (χ1) is 5.66. The summed E-state index contributed by atoms with van der Waals surface area (Å²) in [5.74, 6) is 0. The molecule has 0 radical (unpaired) electrons. The Morgan fingerprint density at radius 2 is 1.79 bits per heavy atom. The molecule has 0 saturated carbocycles. The topological polar surface area (TPSA) is 83.0 Å². The third-order valence-corrected chi connectivity index (χ3v) is 1.02. The van der Waals surface area contributed by atoms with E-state index in [2.05, 4.69) is 20.1 Å². The molecule has 6 heteroatoms. The summed E-state index contributed by atoms with van der Waals surface area (Å²) in [6.07, 6.45) is -1.71. The van der Waals surface area contributed by atoms with E-state index < -0.39 is 12.6 Å². The molecule has 0 aliphatic heterocycles. The van der Waals surface area contributed by atoms with E-state index >= 15 is 0 Å². The molecule has 0 aliphatic rings. The molecule has 4 N–H and O–H groups in total. The van der Waals surface area contributed by atoms with Crippen molar-refractivity contribution in [3.8, 4) is 0 Å². The van der Waals surface area contributed by atoms with Crippen molar-refractivity contribution in [1.82, 2.24) is 10.6 Å². The SMILES string of the molecule is C.C.COCOC(O)NCNC(C)O. The van der Waals surface area contributed by atoms with Gasteiger partial charge in [-0.15, -0.1) is 0 Å². The van der Waals surface area contributed by atoms with Gasteiger partial charge in [-0.2, -0.15) is 0 Å². The Morgan fingerprint density at radius 3 is 2.21 bits per heavy atom. The number of methoxy groups -OCH3 is 1. The molecule has 0 aromatic rings. The van der Waals surface area contributed by atoms with E-state index in [0.29, 0.717) is 0 Å². The largest absolute Gasteiger partial charge is 0.379 e. The maximum atomic E-state index is 8.96. The van der Waals surface area contributed by atoms with Crippen LogP contribution in [0, 0.1) is 0 Å². The van der Waals surface area contributed by atoms with E-state index in [0.717, 1.165) is 0 Å². The van der Waals surface area contributed by atoms with Gasteiger partial charge in [-0.25, -0.2) is 0 Å². The second kappa shape index (κ2) is 12.8. The van der Waals surface area contributed by atoms with Gasteiger partial charge in [-0.3, -0.25) is 10.6 Å². The van der Waals surface area contributed by atoms with Crippen LogP contribution in [0.25, 0.3) is 0 Å². The van der Waals surface area contributed by atoms with Gasteiger partial charge >= 0.3 is 0 Å². The van der Waals surface area contributed by atoms with E-state index in [-0.39, 0.29) is 28.3 Å². The molecule has 90 valence electrons. The minimum atomic E-state index is -1.09. The van der Waals surface area contributed by atoms with Gasteiger partial charge in [0, 0.05) is 7.11 Å². The Kier molecular flexibility index (Phi) is 17.6. The van der Waals surface area contributed by atoms with E-state index in [1.54, 1.807) is 6.92 Å². The summed E-state index contributed by atoms with van der Waals surface area (Å²) in [6.45, 7) is 1.84. The lowest BCUT2D eigenvalue weighted by atomic mass is 10.7. The lowest BCUT2D eigenvalue weighted by Crippen LogP contribution is -2.41. The number of hydrogen-bond donors (Lipinski definition) is 4. The van der Waals surface area contributed by atoms with Crippen molar-refractivity contribution in [2.45, 2.75) is 34.4 Å². The smallest absolute Gasteiger partial charge is 0.216 e. The van der Waals surface area contributed by atoms with E-state index in [1.807, 2.05) is 0 Å². The molecular weight excluding hydrogens is 188 g/mol. The van der Waals surface area contributed by atoms with Crippen molar-refractivity contribution < 1.29 is 19.7 Å². The molecule has 0 aliphatic carbocycles. The van der Waals surface area contributed by atoms with Crippen molar-refractivity contribution in [1.29, 1.82) is 0 Å². The molecule has 0 aromatic heterocycles. The van der Waals surface area contributed by atoms with Crippen molar-refractivity contribution in [2.24, 2.45) is 0 Å². The summed E-state index contributed by atoms with van der Waals surface area (Å²) >= 11 is 0. The highest BCUT2D eigenvalue weighted by Gasteiger charge is 2.01. The Morgan fingerprint density at radius 1 is 1.21 bits per heavy atom. The van der Waals surface area contributed by atoms with Crippen LogP contribution in [0.1, 0.15) is 21.8 Å². The number of aliphatic hydroxyl groups is 2. The minimum absolute atomic E-state index is 0. The molecule has 6 nitrogen and oxygen atoms in total. The maximum Gasteiger partial charge on any atom is 0.216 e. The van der Waals surface area contributed by atoms with Crippen LogP contribution in [0.4, 0.5) is 0 Å². The lowest BCUT2D eigenvalue weighted by molar-refractivity contribution is -0.176. The first kappa shape index (κ1) is 19.4. The van der Waals surface area contributed by atoms with Gasteiger partial charge in [0.15, 0.2) is 6.79 Å². The van der Waals surface area contributed by atoms with Crippen LogP contribution in [0.15, 0.2) is 0 Å². The van der Waals surface area contributed by atoms with E-state index in [9.17, 15) is 0 Å². The average Bonchev–Trinajstić information content (AvgIpc) is 2.00. The van der Waals surface area contributed by atoms with E-state index in [1.165, 1.54) is 7.11 Å². The van der Waals surface area contributed by atoms with E-state index in [4.69, 9.17) is 10.2 Å². The van der Waals surface area contributed by atoms with Crippen LogP contribution in [0.5, 0.6) is 0 Å². The Balaban J connectivity index is -0.000000605. The number of nitrogens with one attached hydrogen (secondary N) is 2. The van der Waals surface area contributed by atoms with Gasteiger partial charge in [0.2, 0.25) is 6.41 Å². The minimum Gasteiger partial charge on any atom is -0.379 e. The third kappa shape index (κ3) is 14.3. The van der Waals surface area contributed by atoms with Crippen LogP contribution in [-0.4, -0.2) is 43.4 Å². The summed E-state index contributed by atoms with van der Waals surface area (Å²) in [7, 11) is 1.46. The fourth-order valence-electron chi connectivity index (χ4n) is 0.485. The molecular formula is C8H24N2O4. The van der Waals surface area contributed by atoms with Gasteiger partial charge in [0.05, 0.1) is 6.67 Å². The number of ether oxygens (including phenoxy) is 2. The van der Waals surface area contributed by atoms with Crippen LogP contribution in [0.3, 0.4) is 0 Å². The lowest BCUT2D eigenvalue weighted by Gasteiger charge is -2.14. The highest BCUT2D eigenvalue weighted by atomic mass is 16.7. The molecule has 2 atom stereocenters. The van der Waals surface area contributed by atoms with Gasteiger partial charge in [0.25, 0.3) is 0 Å². The van der Waals surface area contributed by atoms with Crippen molar-refractivity contribution in [2.75, 3.05) is 20.6 Å².